The summed E-state index contributed by atoms with van der Waals surface area (Å²) in [5.41, 5.74) is 11.6. The lowest BCUT2D eigenvalue weighted by atomic mass is 10.0. The van der Waals surface area contributed by atoms with Crippen molar-refractivity contribution in [2.24, 2.45) is 5.73 Å². The molecular weight excluding hydrogens is 390 g/mol. The highest BCUT2D eigenvalue weighted by Gasteiger charge is 2.26. The van der Waals surface area contributed by atoms with Crippen molar-refractivity contribution in [2.45, 2.75) is 25.7 Å². The Morgan fingerprint density at radius 3 is 2.48 bits per heavy atom. The Kier molecular flexibility index (Phi) is 4.95. The maximum Gasteiger partial charge on any atom is 0.271 e. The van der Waals surface area contributed by atoms with Gasteiger partial charge in [0, 0.05) is 46.3 Å². The third-order valence-corrected chi connectivity index (χ3v) is 5.86. The van der Waals surface area contributed by atoms with E-state index in [1.807, 2.05) is 6.07 Å². The second kappa shape index (κ2) is 7.92. The number of benzene rings is 3. The van der Waals surface area contributed by atoms with E-state index in [4.69, 9.17) is 15.7 Å². The standard InChI is InChI=1S/C24H23N5O2/c25-12-3-1-2-4-13-26-19-11-9-18-22-16(19)6-5-7-17(22)23-24(18)28-21-14-15(29(30)31)8-10-20(21)27-23/h5-11,14,26H,1-4,12-13,25H2. The molecule has 156 valence electrons. The highest BCUT2D eigenvalue weighted by molar-refractivity contribution is 6.17. The number of aromatic nitrogens is 2. The van der Waals surface area contributed by atoms with Crippen LogP contribution in [0.25, 0.3) is 44.3 Å². The molecule has 1 heterocycles. The van der Waals surface area contributed by atoms with E-state index >= 15 is 0 Å². The van der Waals surface area contributed by atoms with Crippen LogP contribution in [0.3, 0.4) is 0 Å². The Morgan fingerprint density at radius 1 is 0.903 bits per heavy atom. The molecule has 0 saturated heterocycles. The van der Waals surface area contributed by atoms with Crippen molar-refractivity contribution in [2.75, 3.05) is 18.4 Å². The van der Waals surface area contributed by atoms with Crippen molar-refractivity contribution in [3.63, 3.8) is 0 Å². The van der Waals surface area contributed by atoms with Crippen LogP contribution in [0, 0.1) is 10.1 Å². The molecule has 4 aromatic rings. The van der Waals surface area contributed by atoms with Crippen molar-refractivity contribution in [3.05, 3.63) is 58.6 Å². The number of anilines is 1. The van der Waals surface area contributed by atoms with Gasteiger partial charge in [-0.15, -0.1) is 0 Å². The number of rotatable bonds is 8. The van der Waals surface area contributed by atoms with Crippen LogP contribution in [0.2, 0.25) is 0 Å². The summed E-state index contributed by atoms with van der Waals surface area (Å²) in [5, 5.41) is 17.0. The first-order valence-electron chi connectivity index (χ1n) is 10.6. The molecule has 5 rings (SSSR count). The molecule has 1 aliphatic carbocycles. The van der Waals surface area contributed by atoms with Crippen molar-refractivity contribution in [3.8, 4) is 22.5 Å². The summed E-state index contributed by atoms with van der Waals surface area (Å²) in [5.74, 6) is 0. The summed E-state index contributed by atoms with van der Waals surface area (Å²) in [6, 6.07) is 15.0. The number of nitro groups is 1. The van der Waals surface area contributed by atoms with Crippen molar-refractivity contribution < 1.29 is 4.92 Å². The molecule has 0 aliphatic heterocycles. The number of nitrogens with zero attached hydrogens (tertiary/aromatic N) is 3. The fourth-order valence-electron chi connectivity index (χ4n) is 4.33. The van der Waals surface area contributed by atoms with E-state index in [0.29, 0.717) is 11.0 Å². The van der Waals surface area contributed by atoms with Crippen LogP contribution in [0.5, 0.6) is 0 Å². The van der Waals surface area contributed by atoms with Crippen LogP contribution in [-0.4, -0.2) is 28.0 Å². The fraction of sp³-hybridized carbons (Fsp3) is 0.250. The number of fused-ring (bicyclic) bond motifs is 4. The Hall–Kier alpha value is -3.58. The SMILES string of the molecule is NCCCCCCNc1ccc2c3c(cccc13)-c1nc3ccc([N+](=O)[O-])cc3nc1-2. The van der Waals surface area contributed by atoms with Gasteiger partial charge < -0.3 is 11.1 Å². The van der Waals surface area contributed by atoms with Crippen LogP contribution in [0.1, 0.15) is 25.7 Å². The summed E-state index contributed by atoms with van der Waals surface area (Å²) in [6.07, 6.45) is 4.52. The van der Waals surface area contributed by atoms with Gasteiger partial charge in [-0.3, -0.25) is 10.1 Å². The molecule has 0 unspecified atom stereocenters. The van der Waals surface area contributed by atoms with Gasteiger partial charge in [-0.25, -0.2) is 9.97 Å². The third kappa shape index (κ3) is 3.37. The van der Waals surface area contributed by atoms with E-state index in [9.17, 15) is 10.1 Å². The topological polar surface area (TPSA) is 107 Å². The predicted octanol–water partition coefficient (Wildman–Crippen LogP) is 5.27. The first-order valence-corrected chi connectivity index (χ1v) is 10.6. The molecule has 1 aromatic heterocycles. The van der Waals surface area contributed by atoms with Crippen molar-refractivity contribution in [1.82, 2.24) is 9.97 Å². The molecular formula is C24H23N5O2. The minimum absolute atomic E-state index is 0.0217. The zero-order chi connectivity index (χ0) is 21.4. The maximum atomic E-state index is 11.2. The Morgan fingerprint density at radius 2 is 1.68 bits per heavy atom. The zero-order valence-electron chi connectivity index (χ0n) is 17.1. The molecule has 0 atom stereocenters. The van der Waals surface area contributed by atoms with E-state index in [0.717, 1.165) is 64.9 Å². The molecule has 7 heteroatoms. The molecule has 0 saturated carbocycles. The van der Waals surface area contributed by atoms with Gasteiger partial charge in [0.1, 0.15) is 0 Å². The summed E-state index contributed by atoms with van der Waals surface area (Å²) in [7, 11) is 0. The molecule has 3 N–H and O–H groups in total. The number of nitrogens with two attached hydrogens (primary N) is 1. The number of hydrogen-bond acceptors (Lipinski definition) is 6. The minimum Gasteiger partial charge on any atom is -0.385 e. The highest BCUT2D eigenvalue weighted by Crippen LogP contribution is 2.47. The van der Waals surface area contributed by atoms with Crippen LogP contribution < -0.4 is 11.1 Å². The summed E-state index contributed by atoms with van der Waals surface area (Å²) >= 11 is 0. The van der Waals surface area contributed by atoms with Gasteiger partial charge in [0.25, 0.3) is 5.69 Å². The lowest BCUT2D eigenvalue weighted by molar-refractivity contribution is -0.384. The Balaban J connectivity index is 1.52. The van der Waals surface area contributed by atoms with Gasteiger partial charge in [0.2, 0.25) is 0 Å². The second-order valence-electron chi connectivity index (χ2n) is 7.87. The average molecular weight is 413 g/mol. The van der Waals surface area contributed by atoms with Crippen molar-refractivity contribution in [1.29, 1.82) is 0 Å². The summed E-state index contributed by atoms with van der Waals surface area (Å²) < 4.78 is 0. The number of hydrogen-bond donors (Lipinski definition) is 2. The van der Waals surface area contributed by atoms with Gasteiger partial charge in [0.15, 0.2) is 0 Å². The van der Waals surface area contributed by atoms with Gasteiger partial charge in [0.05, 0.1) is 27.3 Å². The maximum absolute atomic E-state index is 11.2. The first kappa shape index (κ1) is 19.4. The van der Waals surface area contributed by atoms with Gasteiger partial charge in [-0.05, 0) is 31.5 Å². The van der Waals surface area contributed by atoms with Crippen LogP contribution in [0.15, 0.2) is 48.5 Å². The van der Waals surface area contributed by atoms with E-state index in [1.165, 1.54) is 25.0 Å². The van der Waals surface area contributed by atoms with Crippen LogP contribution in [-0.2, 0) is 0 Å². The van der Waals surface area contributed by atoms with Crippen LogP contribution >= 0.6 is 0 Å². The molecule has 31 heavy (non-hydrogen) atoms. The largest absolute Gasteiger partial charge is 0.385 e. The molecule has 0 radical (unpaired) electrons. The second-order valence-corrected chi connectivity index (χ2v) is 7.87. The Labute approximate surface area is 179 Å². The lowest BCUT2D eigenvalue weighted by Gasteiger charge is -2.11. The van der Waals surface area contributed by atoms with Crippen molar-refractivity contribution >= 4 is 33.2 Å². The Bertz CT molecular complexity index is 1320. The van der Waals surface area contributed by atoms with Gasteiger partial charge in [-0.2, -0.15) is 0 Å². The quantitative estimate of drug-likeness (QED) is 0.204. The first-order chi connectivity index (χ1) is 15.2. The molecule has 1 aliphatic rings. The van der Waals surface area contributed by atoms with E-state index in [-0.39, 0.29) is 5.69 Å². The van der Waals surface area contributed by atoms with E-state index in [1.54, 1.807) is 6.07 Å². The third-order valence-electron chi connectivity index (χ3n) is 5.86. The predicted molar refractivity (Wildman–Crippen MR) is 124 cm³/mol. The summed E-state index contributed by atoms with van der Waals surface area (Å²) in [4.78, 5) is 20.3. The van der Waals surface area contributed by atoms with Gasteiger partial charge in [-0.1, -0.05) is 37.1 Å². The smallest absolute Gasteiger partial charge is 0.271 e. The molecule has 7 nitrogen and oxygen atoms in total. The number of nitrogens with one attached hydrogen (secondary N) is 1. The number of nitro benzene ring substituents is 1. The molecule has 3 aromatic carbocycles. The monoisotopic (exact) mass is 413 g/mol. The molecule has 0 amide bonds. The molecule has 0 spiro atoms. The highest BCUT2D eigenvalue weighted by atomic mass is 16.6. The molecule has 0 bridgehead atoms. The fourth-order valence-corrected chi connectivity index (χ4v) is 4.33. The normalized spacial score (nSPS) is 11.8. The lowest BCUT2D eigenvalue weighted by Crippen LogP contribution is -2.03. The minimum atomic E-state index is -0.405. The summed E-state index contributed by atoms with van der Waals surface area (Å²) in [6.45, 7) is 1.67. The van der Waals surface area contributed by atoms with E-state index in [2.05, 4.69) is 29.6 Å². The zero-order valence-corrected chi connectivity index (χ0v) is 17.1. The van der Waals surface area contributed by atoms with Gasteiger partial charge >= 0.3 is 0 Å². The van der Waals surface area contributed by atoms with E-state index < -0.39 is 4.92 Å². The molecule has 0 fully saturated rings. The number of unbranched alkanes of at least 4 members (excludes halogenated alkanes) is 3. The average Bonchev–Trinajstić information content (AvgIpc) is 3.10. The van der Waals surface area contributed by atoms with Crippen LogP contribution in [0.4, 0.5) is 11.4 Å². The number of non-ortho nitro benzene ring substituents is 1.